The predicted octanol–water partition coefficient (Wildman–Crippen LogP) is 8.12. The number of hydrogen-bond acceptors (Lipinski definition) is 6. The van der Waals surface area contributed by atoms with Crippen LogP contribution in [0.4, 0.5) is 0 Å². The lowest BCUT2D eigenvalue weighted by Crippen LogP contribution is -1.87. The molecule has 4 aromatic rings. The molecule has 0 N–H and O–H groups in total. The van der Waals surface area contributed by atoms with Crippen LogP contribution in [0, 0.1) is 0 Å². The van der Waals surface area contributed by atoms with Gasteiger partial charge in [0.1, 0.15) is 0 Å². The molecular formula is C22H20OS5. The number of thiophene rings is 2. The third-order valence-corrected chi connectivity index (χ3v) is 8.56. The van der Waals surface area contributed by atoms with Crippen molar-refractivity contribution in [3.63, 3.8) is 0 Å². The molecule has 0 radical (unpaired) electrons. The zero-order chi connectivity index (χ0) is 19.9. The summed E-state index contributed by atoms with van der Waals surface area (Å²) in [5.74, 6) is 1.89. The van der Waals surface area contributed by atoms with E-state index < -0.39 is 0 Å². The highest BCUT2D eigenvalue weighted by molar-refractivity contribution is 8.24. The number of hydrogen-bond donors (Lipinski definition) is 0. The van der Waals surface area contributed by atoms with Gasteiger partial charge in [-0.25, -0.2) is 0 Å². The Balaban J connectivity index is 0.000000161. The van der Waals surface area contributed by atoms with E-state index in [9.17, 15) is 4.79 Å². The fraction of sp³-hybridized carbons (Fsp3) is 0.182. The highest BCUT2D eigenvalue weighted by Gasteiger charge is 2.09. The lowest BCUT2D eigenvalue weighted by Gasteiger charge is -1.94. The molecule has 0 aliphatic carbocycles. The van der Waals surface area contributed by atoms with E-state index >= 15 is 0 Å². The summed E-state index contributed by atoms with van der Waals surface area (Å²) in [7, 11) is 0. The second kappa shape index (κ2) is 10.6. The van der Waals surface area contributed by atoms with Gasteiger partial charge in [-0.3, -0.25) is 4.79 Å². The van der Waals surface area contributed by atoms with Crippen molar-refractivity contribution in [3.05, 3.63) is 70.4 Å². The van der Waals surface area contributed by atoms with Crippen LogP contribution in [-0.2, 0) is 0 Å². The molecule has 0 aliphatic heterocycles. The van der Waals surface area contributed by atoms with Crippen molar-refractivity contribution in [2.45, 2.75) is 13.8 Å². The van der Waals surface area contributed by atoms with E-state index in [0.29, 0.717) is 0 Å². The summed E-state index contributed by atoms with van der Waals surface area (Å²) in [5.41, 5.74) is 0. The minimum atomic E-state index is 0.189. The highest BCUT2D eigenvalue weighted by atomic mass is 32.2. The molecule has 1 nitrogen and oxygen atoms in total. The largest absolute Gasteiger partial charge is 0.281 e. The Hall–Kier alpha value is -1.18. The van der Waals surface area contributed by atoms with E-state index in [0.717, 1.165) is 26.0 Å². The lowest BCUT2D eigenvalue weighted by molar-refractivity contribution is 0.109. The van der Waals surface area contributed by atoms with E-state index in [1.807, 2.05) is 37.3 Å². The molecule has 0 fully saturated rings. The van der Waals surface area contributed by atoms with E-state index in [1.54, 1.807) is 34.4 Å². The minimum absolute atomic E-state index is 0.189. The molecule has 4 rings (SSSR count). The molecule has 2 heterocycles. The molecule has 0 atom stereocenters. The molecule has 0 spiro atoms. The molecule has 28 heavy (non-hydrogen) atoms. The van der Waals surface area contributed by atoms with E-state index in [1.165, 1.54) is 31.4 Å². The first-order chi connectivity index (χ1) is 13.6. The lowest BCUT2D eigenvalue weighted by atomic mass is 10.2. The summed E-state index contributed by atoms with van der Waals surface area (Å²) in [6.07, 6.45) is 0. The van der Waals surface area contributed by atoms with Gasteiger partial charge in [0.05, 0.1) is 14.0 Å². The fourth-order valence-electron chi connectivity index (χ4n) is 2.57. The van der Waals surface area contributed by atoms with Gasteiger partial charge < -0.3 is 0 Å². The quantitative estimate of drug-likeness (QED) is 0.286. The first kappa shape index (κ1) is 21.5. The summed E-state index contributed by atoms with van der Waals surface area (Å²) in [5, 5.41) is 2.65. The average molecular weight is 461 g/mol. The van der Waals surface area contributed by atoms with Gasteiger partial charge in [0.15, 0.2) is 0 Å². The van der Waals surface area contributed by atoms with Gasteiger partial charge in [-0.15, -0.1) is 34.4 Å². The van der Waals surface area contributed by atoms with Crippen LogP contribution in [0.25, 0.3) is 20.2 Å². The molecule has 0 unspecified atom stereocenters. The maximum absolute atomic E-state index is 11.6. The molecule has 0 saturated carbocycles. The van der Waals surface area contributed by atoms with Gasteiger partial charge in [0.25, 0.3) is 0 Å². The molecule has 0 amide bonds. The molecule has 2 aromatic carbocycles. The van der Waals surface area contributed by atoms with Crippen LogP contribution < -0.4 is 0 Å². The average Bonchev–Trinajstić information content (AvgIpc) is 3.33. The third kappa shape index (κ3) is 5.45. The first-order valence-corrected chi connectivity index (χ1v) is 12.9. The van der Waals surface area contributed by atoms with Crippen molar-refractivity contribution in [2.24, 2.45) is 0 Å². The third-order valence-electron chi connectivity index (χ3n) is 3.80. The molecule has 0 saturated heterocycles. The van der Waals surface area contributed by atoms with E-state index in [4.69, 9.17) is 12.2 Å². The van der Waals surface area contributed by atoms with Crippen LogP contribution in [0.5, 0.6) is 0 Å². The molecule has 0 bridgehead atoms. The van der Waals surface area contributed by atoms with Gasteiger partial charge >= 0.3 is 0 Å². The Labute approximate surface area is 187 Å². The Morgan fingerprint density at radius 1 is 0.821 bits per heavy atom. The number of carbonyl (C=O) groups is 1. The van der Waals surface area contributed by atoms with Crippen molar-refractivity contribution in [1.29, 1.82) is 0 Å². The van der Waals surface area contributed by atoms with Gasteiger partial charge in [0, 0.05) is 9.40 Å². The highest BCUT2D eigenvalue weighted by Crippen LogP contribution is 2.29. The predicted molar refractivity (Wildman–Crippen MR) is 136 cm³/mol. The van der Waals surface area contributed by atoms with Crippen molar-refractivity contribution in [1.82, 2.24) is 0 Å². The van der Waals surface area contributed by atoms with Crippen molar-refractivity contribution in [2.75, 3.05) is 11.5 Å². The summed E-state index contributed by atoms with van der Waals surface area (Å²) in [4.78, 5) is 13.7. The Morgan fingerprint density at radius 2 is 1.32 bits per heavy atom. The molecular weight excluding hydrogens is 441 g/mol. The van der Waals surface area contributed by atoms with Crippen molar-refractivity contribution < 1.29 is 4.79 Å². The summed E-state index contributed by atoms with van der Waals surface area (Å²) < 4.78 is 3.53. The second-order valence-electron chi connectivity index (χ2n) is 5.74. The van der Waals surface area contributed by atoms with Crippen LogP contribution >= 0.6 is 58.4 Å². The summed E-state index contributed by atoms with van der Waals surface area (Å²) in [6, 6.07) is 20.7. The number of thioether (sulfide) groups is 2. The first-order valence-electron chi connectivity index (χ1n) is 8.93. The zero-order valence-corrected chi connectivity index (χ0v) is 19.7. The van der Waals surface area contributed by atoms with Crippen LogP contribution in [0.2, 0.25) is 0 Å². The Kier molecular flexibility index (Phi) is 8.11. The van der Waals surface area contributed by atoms with Gasteiger partial charge in [0.2, 0.25) is 5.12 Å². The maximum Gasteiger partial charge on any atom is 0.229 e. The van der Waals surface area contributed by atoms with Crippen LogP contribution in [-0.4, -0.2) is 20.8 Å². The number of fused-ring (bicyclic) bond motifs is 2. The molecule has 6 heteroatoms. The fourth-order valence-corrected chi connectivity index (χ4v) is 6.43. The summed E-state index contributed by atoms with van der Waals surface area (Å²) in [6.45, 7) is 4.13. The Morgan fingerprint density at radius 3 is 1.86 bits per heavy atom. The standard InChI is InChI=1S/C11H10OS2.C11H10S3/c2*1-2-13-11(12)10-7-8-5-3-4-6-9(8)14-10/h2*3-7H,2H2,1H3. The normalized spacial score (nSPS) is 10.6. The number of carbonyl (C=O) groups excluding carboxylic acids is 1. The van der Waals surface area contributed by atoms with Gasteiger partial charge in [-0.2, -0.15) is 0 Å². The summed E-state index contributed by atoms with van der Waals surface area (Å²) >= 11 is 11.8. The van der Waals surface area contributed by atoms with Crippen LogP contribution in [0.15, 0.2) is 60.7 Å². The number of benzene rings is 2. The SMILES string of the molecule is CCSC(=O)c1cc2ccccc2s1.CCSC(=S)c1cc2ccccc2s1. The van der Waals surface area contributed by atoms with Crippen LogP contribution in [0.3, 0.4) is 0 Å². The van der Waals surface area contributed by atoms with Gasteiger partial charge in [-0.1, -0.05) is 74.2 Å². The molecule has 2 aromatic heterocycles. The molecule has 0 aliphatic rings. The van der Waals surface area contributed by atoms with E-state index in [-0.39, 0.29) is 5.12 Å². The molecule has 144 valence electrons. The number of rotatable bonds is 4. The monoisotopic (exact) mass is 460 g/mol. The second-order valence-corrected chi connectivity index (χ2v) is 11.1. The number of thiocarbonyl (C=S) groups is 1. The smallest absolute Gasteiger partial charge is 0.229 e. The topological polar surface area (TPSA) is 17.1 Å². The zero-order valence-electron chi connectivity index (χ0n) is 15.6. The minimum Gasteiger partial charge on any atom is -0.281 e. The van der Waals surface area contributed by atoms with E-state index in [2.05, 4.69) is 37.3 Å². The van der Waals surface area contributed by atoms with Crippen LogP contribution in [0.1, 0.15) is 28.4 Å². The Bertz CT molecular complexity index is 938. The maximum atomic E-state index is 11.6. The van der Waals surface area contributed by atoms with Crippen molar-refractivity contribution in [3.8, 4) is 0 Å². The van der Waals surface area contributed by atoms with Crippen molar-refractivity contribution >= 4 is 87.9 Å². The van der Waals surface area contributed by atoms with Gasteiger partial charge in [-0.05, 0) is 46.5 Å².